The van der Waals surface area contributed by atoms with Gasteiger partial charge in [0, 0.05) is 24.8 Å². The van der Waals surface area contributed by atoms with Crippen molar-refractivity contribution in [1.29, 1.82) is 0 Å². The number of aliphatic hydroxyl groups excluding tert-OH is 1. The lowest BCUT2D eigenvalue weighted by molar-refractivity contribution is 0.146. The van der Waals surface area contributed by atoms with E-state index < -0.39 is 0 Å². The van der Waals surface area contributed by atoms with Gasteiger partial charge < -0.3 is 10.4 Å². The van der Waals surface area contributed by atoms with Crippen LogP contribution in [0.2, 0.25) is 0 Å². The van der Waals surface area contributed by atoms with Crippen LogP contribution in [0.5, 0.6) is 0 Å². The molecule has 0 aliphatic rings. The standard InChI is InChI=1S/C14H27N3O/c1-11(2)6-13(18)9-15-7-12-8-16-17(10-12)14(3,4)5/h8,10-11,13,15,18H,6-7,9H2,1-5H3. The lowest BCUT2D eigenvalue weighted by atomic mass is 10.1. The predicted molar refractivity (Wildman–Crippen MR) is 74.4 cm³/mol. The van der Waals surface area contributed by atoms with Gasteiger partial charge in [0.1, 0.15) is 0 Å². The summed E-state index contributed by atoms with van der Waals surface area (Å²) in [6, 6.07) is 0. The Morgan fingerprint density at radius 1 is 1.39 bits per heavy atom. The first-order valence-corrected chi connectivity index (χ1v) is 6.72. The molecule has 0 amide bonds. The van der Waals surface area contributed by atoms with Crippen molar-refractivity contribution in [3.63, 3.8) is 0 Å². The Labute approximate surface area is 110 Å². The fourth-order valence-electron chi connectivity index (χ4n) is 1.83. The minimum Gasteiger partial charge on any atom is -0.392 e. The molecule has 0 radical (unpaired) electrons. The van der Waals surface area contributed by atoms with Crippen molar-refractivity contribution in [2.75, 3.05) is 6.54 Å². The second-order valence-electron chi connectivity index (χ2n) is 6.38. The Hall–Kier alpha value is -0.870. The summed E-state index contributed by atoms with van der Waals surface area (Å²) in [5.41, 5.74) is 1.18. The van der Waals surface area contributed by atoms with E-state index >= 15 is 0 Å². The Balaban J connectivity index is 2.34. The third-order valence-electron chi connectivity index (χ3n) is 2.78. The molecule has 0 saturated heterocycles. The second kappa shape index (κ2) is 6.34. The van der Waals surface area contributed by atoms with Gasteiger partial charge in [-0.25, -0.2) is 0 Å². The van der Waals surface area contributed by atoms with Gasteiger partial charge in [-0.05, 0) is 33.1 Å². The van der Waals surface area contributed by atoms with Crippen molar-refractivity contribution < 1.29 is 5.11 Å². The van der Waals surface area contributed by atoms with Crippen molar-refractivity contribution in [2.45, 2.75) is 59.2 Å². The second-order valence-corrected chi connectivity index (χ2v) is 6.38. The SMILES string of the molecule is CC(C)CC(O)CNCc1cnn(C(C)(C)C)c1. The lowest BCUT2D eigenvalue weighted by Gasteiger charge is -2.18. The van der Waals surface area contributed by atoms with Gasteiger partial charge in [0.25, 0.3) is 0 Å². The minimum atomic E-state index is -0.261. The molecule has 0 aliphatic carbocycles. The molecule has 4 nitrogen and oxygen atoms in total. The van der Waals surface area contributed by atoms with Gasteiger partial charge >= 0.3 is 0 Å². The lowest BCUT2D eigenvalue weighted by Crippen LogP contribution is -2.27. The molecule has 4 heteroatoms. The molecule has 0 saturated carbocycles. The highest BCUT2D eigenvalue weighted by Crippen LogP contribution is 2.13. The zero-order valence-corrected chi connectivity index (χ0v) is 12.3. The van der Waals surface area contributed by atoms with Gasteiger partial charge in [-0.3, -0.25) is 4.68 Å². The predicted octanol–water partition coefficient (Wildman–Crippen LogP) is 2.13. The van der Waals surface area contributed by atoms with E-state index in [2.05, 4.69) is 51.2 Å². The Bertz CT molecular complexity index is 352. The minimum absolute atomic E-state index is 0.0232. The molecule has 1 heterocycles. The zero-order valence-electron chi connectivity index (χ0n) is 12.3. The molecular formula is C14H27N3O. The van der Waals surface area contributed by atoms with E-state index in [0.717, 1.165) is 18.5 Å². The summed E-state index contributed by atoms with van der Waals surface area (Å²) in [7, 11) is 0. The van der Waals surface area contributed by atoms with Crippen molar-refractivity contribution in [3.8, 4) is 0 Å². The fraction of sp³-hybridized carbons (Fsp3) is 0.786. The summed E-state index contributed by atoms with van der Waals surface area (Å²) < 4.78 is 1.97. The van der Waals surface area contributed by atoms with E-state index in [-0.39, 0.29) is 11.6 Å². The maximum atomic E-state index is 9.75. The average molecular weight is 253 g/mol. The highest BCUT2D eigenvalue weighted by Gasteiger charge is 2.13. The molecule has 1 atom stereocenters. The molecule has 0 bridgehead atoms. The first-order valence-electron chi connectivity index (χ1n) is 6.72. The van der Waals surface area contributed by atoms with Crippen molar-refractivity contribution >= 4 is 0 Å². The largest absolute Gasteiger partial charge is 0.392 e. The van der Waals surface area contributed by atoms with Crippen LogP contribution in [0.4, 0.5) is 0 Å². The molecule has 1 aromatic heterocycles. The first kappa shape index (κ1) is 15.2. The van der Waals surface area contributed by atoms with Crippen LogP contribution in [0.25, 0.3) is 0 Å². The highest BCUT2D eigenvalue weighted by molar-refractivity contribution is 5.04. The van der Waals surface area contributed by atoms with Gasteiger partial charge in [0.05, 0.1) is 17.8 Å². The molecule has 1 rings (SSSR count). The number of nitrogens with one attached hydrogen (secondary N) is 1. The van der Waals surface area contributed by atoms with E-state index in [1.165, 1.54) is 0 Å². The first-order chi connectivity index (χ1) is 8.29. The third-order valence-corrected chi connectivity index (χ3v) is 2.78. The number of rotatable bonds is 6. The molecule has 0 spiro atoms. The average Bonchev–Trinajstić information content (AvgIpc) is 2.64. The number of hydrogen-bond donors (Lipinski definition) is 2. The number of aliphatic hydroxyl groups is 1. The molecule has 2 N–H and O–H groups in total. The summed E-state index contributed by atoms with van der Waals surface area (Å²) in [5.74, 6) is 0.533. The third kappa shape index (κ3) is 5.19. The maximum Gasteiger partial charge on any atom is 0.0667 e. The number of hydrogen-bond acceptors (Lipinski definition) is 3. The Morgan fingerprint density at radius 2 is 2.06 bits per heavy atom. The van der Waals surface area contributed by atoms with Crippen LogP contribution in [0.1, 0.15) is 46.6 Å². The Morgan fingerprint density at radius 3 is 2.56 bits per heavy atom. The van der Waals surface area contributed by atoms with E-state index in [0.29, 0.717) is 12.5 Å². The van der Waals surface area contributed by atoms with E-state index in [1.54, 1.807) is 0 Å². The van der Waals surface area contributed by atoms with Crippen LogP contribution in [0.3, 0.4) is 0 Å². The molecule has 1 unspecified atom stereocenters. The van der Waals surface area contributed by atoms with Crippen LogP contribution < -0.4 is 5.32 Å². The summed E-state index contributed by atoms with van der Waals surface area (Å²) in [6.45, 7) is 12.0. The van der Waals surface area contributed by atoms with Crippen LogP contribution in [0, 0.1) is 5.92 Å². The van der Waals surface area contributed by atoms with Crippen LogP contribution in [-0.4, -0.2) is 27.5 Å². The molecule has 0 aliphatic heterocycles. The Kier molecular flexibility index (Phi) is 5.35. The summed E-state index contributed by atoms with van der Waals surface area (Å²) in [5, 5.41) is 17.4. The normalized spacial score (nSPS) is 14.2. The molecule has 0 fully saturated rings. The molecule has 18 heavy (non-hydrogen) atoms. The number of nitrogens with zero attached hydrogens (tertiary/aromatic N) is 2. The highest BCUT2D eigenvalue weighted by atomic mass is 16.3. The topological polar surface area (TPSA) is 50.1 Å². The van der Waals surface area contributed by atoms with Crippen molar-refractivity contribution in [3.05, 3.63) is 18.0 Å². The smallest absolute Gasteiger partial charge is 0.0667 e. The summed E-state index contributed by atoms with van der Waals surface area (Å²) >= 11 is 0. The molecule has 1 aromatic rings. The molecular weight excluding hydrogens is 226 g/mol. The molecule has 104 valence electrons. The van der Waals surface area contributed by atoms with Gasteiger partial charge in [-0.2, -0.15) is 5.10 Å². The summed E-state index contributed by atoms with van der Waals surface area (Å²) in [6.07, 6.45) is 4.52. The van der Waals surface area contributed by atoms with Crippen molar-refractivity contribution in [2.24, 2.45) is 5.92 Å². The van der Waals surface area contributed by atoms with Gasteiger partial charge in [0.2, 0.25) is 0 Å². The monoisotopic (exact) mass is 253 g/mol. The van der Waals surface area contributed by atoms with Gasteiger partial charge in [-0.15, -0.1) is 0 Å². The zero-order chi connectivity index (χ0) is 13.8. The quantitative estimate of drug-likeness (QED) is 0.816. The van der Waals surface area contributed by atoms with Crippen LogP contribution in [-0.2, 0) is 12.1 Å². The van der Waals surface area contributed by atoms with Crippen molar-refractivity contribution in [1.82, 2.24) is 15.1 Å². The van der Waals surface area contributed by atoms with E-state index in [1.807, 2.05) is 10.9 Å². The number of aromatic nitrogens is 2. The van der Waals surface area contributed by atoms with Gasteiger partial charge in [-0.1, -0.05) is 13.8 Å². The molecule has 0 aromatic carbocycles. The van der Waals surface area contributed by atoms with E-state index in [4.69, 9.17) is 0 Å². The van der Waals surface area contributed by atoms with Gasteiger partial charge in [0.15, 0.2) is 0 Å². The maximum absolute atomic E-state index is 9.75. The summed E-state index contributed by atoms with van der Waals surface area (Å²) in [4.78, 5) is 0. The van der Waals surface area contributed by atoms with Crippen LogP contribution >= 0.6 is 0 Å². The fourth-order valence-corrected chi connectivity index (χ4v) is 1.83. The van der Waals surface area contributed by atoms with E-state index in [9.17, 15) is 5.11 Å². The van der Waals surface area contributed by atoms with Crippen LogP contribution in [0.15, 0.2) is 12.4 Å².